The Morgan fingerprint density at radius 3 is 2.52 bits per heavy atom. The summed E-state index contributed by atoms with van der Waals surface area (Å²) in [4.78, 5) is 12.7. The molecule has 0 spiro atoms. The maximum atomic E-state index is 12.7. The van der Waals surface area contributed by atoms with E-state index in [2.05, 4.69) is 62.2 Å². The van der Waals surface area contributed by atoms with Gasteiger partial charge in [-0.25, -0.2) is 0 Å². The highest BCUT2D eigenvalue weighted by molar-refractivity contribution is 5.94. The molecule has 0 radical (unpaired) electrons. The van der Waals surface area contributed by atoms with E-state index in [1.165, 1.54) is 23.1 Å². The summed E-state index contributed by atoms with van der Waals surface area (Å²) in [6, 6.07) is 8.67. The molecule has 0 saturated heterocycles. The smallest absolute Gasteiger partial charge is 0.247 e. The molecule has 148 valence electrons. The summed E-state index contributed by atoms with van der Waals surface area (Å²) in [5.41, 5.74) is 5.09. The normalized spacial score (nSPS) is 16.6. The van der Waals surface area contributed by atoms with E-state index in [0.717, 1.165) is 50.6 Å². The Balaban J connectivity index is 2.11. The van der Waals surface area contributed by atoms with Gasteiger partial charge in [-0.2, -0.15) is 0 Å². The zero-order chi connectivity index (χ0) is 19.7. The quantitative estimate of drug-likeness (QED) is 0.560. The van der Waals surface area contributed by atoms with Gasteiger partial charge in [-0.3, -0.25) is 4.79 Å². The molecule has 0 saturated carbocycles. The number of hydrogen-bond donors (Lipinski definition) is 2. The molecule has 2 rings (SSSR count). The van der Waals surface area contributed by atoms with Crippen molar-refractivity contribution in [3.05, 3.63) is 59.3 Å². The molecule has 0 aliphatic heterocycles. The third-order valence-corrected chi connectivity index (χ3v) is 6.19. The lowest BCUT2D eigenvalue weighted by atomic mass is 9.71. The third-order valence-electron chi connectivity index (χ3n) is 6.19. The van der Waals surface area contributed by atoms with Crippen molar-refractivity contribution in [1.82, 2.24) is 10.6 Å². The Kier molecular flexibility index (Phi) is 8.15. The Morgan fingerprint density at radius 2 is 1.85 bits per heavy atom. The molecule has 1 aromatic carbocycles. The first kappa shape index (κ1) is 21.3. The number of hydrogen-bond acceptors (Lipinski definition) is 2. The first-order chi connectivity index (χ1) is 13.0. The van der Waals surface area contributed by atoms with Gasteiger partial charge < -0.3 is 10.6 Å². The minimum absolute atomic E-state index is 0.0601. The van der Waals surface area contributed by atoms with Crippen LogP contribution < -0.4 is 10.6 Å². The molecule has 27 heavy (non-hydrogen) atoms. The first-order valence-electron chi connectivity index (χ1n) is 10.4. The minimum Gasteiger partial charge on any atom is -0.391 e. The van der Waals surface area contributed by atoms with Crippen LogP contribution in [0.15, 0.2) is 48.2 Å². The average molecular weight is 369 g/mol. The van der Waals surface area contributed by atoms with Crippen molar-refractivity contribution in [2.75, 3.05) is 13.1 Å². The highest BCUT2D eigenvalue weighted by atomic mass is 16.1. The molecule has 1 atom stereocenters. The van der Waals surface area contributed by atoms with Gasteiger partial charge >= 0.3 is 0 Å². The monoisotopic (exact) mass is 368 g/mol. The highest BCUT2D eigenvalue weighted by Gasteiger charge is 2.31. The largest absolute Gasteiger partial charge is 0.391 e. The van der Waals surface area contributed by atoms with Gasteiger partial charge in [0.15, 0.2) is 0 Å². The van der Waals surface area contributed by atoms with E-state index >= 15 is 0 Å². The molecule has 2 N–H and O–H groups in total. The maximum absolute atomic E-state index is 12.7. The Hall–Kier alpha value is -2.03. The summed E-state index contributed by atoms with van der Waals surface area (Å²) in [5, 5.41) is 6.47. The second kappa shape index (κ2) is 10.3. The Bertz CT molecular complexity index is 677. The number of allylic oxidation sites excluding steroid dienone is 1. The van der Waals surface area contributed by atoms with Gasteiger partial charge in [0.05, 0.1) is 0 Å². The molecule has 1 unspecified atom stereocenters. The van der Waals surface area contributed by atoms with Crippen molar-refractivity contribution in [1.29, 1.82) is 0 Å². The van der Waals surface area contributed by atoms with Crippen LogP contribution in [0.1, 0.15) is 69.9 Å². The first-order valence-corrected chi connectivity index (χ1v) is 10.4. The number of aryl methyl sites for hydroxylation is 1. The van der Waals surface area contributed by atoms with Crippen LogP contribution in [0, 0.1) is 6.92 Å². The SMILES string of the molecule is C=CNCCC(CC)(CCNC(=O)C1=C(C)CCCC1)c1ccccc1C. The standard InChI is InChI=1S/C24H36N2O/c1-5-24(15-17-25-6-2,22-14-10-8-12-20(22)4)16-18-26-23(27)21-13-9-7-11-19(21)3/h6,8,10,12,14,25H,2,5,7,9,11,13,15-18H2,1,3-4H3,(H,26,27). The average Bonchev–Trinajstić information content (AvgIpc) is 2.67. The molecular formula is C24H36N2O. The fourth-order valence-electron chi connectivity index (χ4n) is 4.41. The number of carbonyl (C=O) groups excluding carboxylic acids is 1. The van der Waals surface area contributed by atoms with Crippen molar-refractivity contribution in [3.63, 3.8) is 0 Å². The van der Waals surface area contributed by atoms with Crippen LogP contribution in [0.5, 0.6) is 0 Å². The van der Waals surface area contributed by atoms with Gasteiger partial charge in [-0.1, -0.05) is 43.3 Å². The Labute approximate surface area is 165 Å². The van der Waals surface area contributed by atoms with Crippen LogP contribution in [0.25, 0.3) is 0 Å². The van der Waals surface area contributed by atoms with Gasteiger partial charge in [0.1, 0.15) is 0 Å². The summed E-state index contributed by atoms with van der Waals surface area (Å²) >= 11 is 0. The van der Waals surface area contributed by atoms with Crippen LogP contribution in [-0.4, -0.2) is 19.0 Å². The summed E-state index contributed by atoms with van der Waals surface area (Å²) in [5.74, 6) is 0.145. The minimum atomic E-state index is 0.0601. The van der Waals surface area contributed by atoms with E-state index in [9.17, 15) is 4.79 Å². The highest BCUT2D eigenvalue weighted by Crippen LogP contribution is 2.37. The number of carbonyl (C=O) groups is 1. The summed E-state index contributed by atoms with van der Waals surface area (Å²) < 4.78 is 0. The van der Waals surface area contributed by atoms with Crippen molar-refractivity contribution in [2.45, 2.75) is 71.1 Å². The molecule has 0 bridgehead atoms. The van der Waals surface area contributed by atoms with Gasteiger partial charge in [0.25, 0.3) is 0 Å². The number of amides is 1. The van der Waals surface area contributed by atoms with Gasteiger partial charge in [0.2, 0.25) is 5.91 Å². The molecule has 1 aliphatic rings. The summed E-state index contributed by atoms with van der Waals surface area (Å²) in [6.45, 7) is 11.9. The maximum Gasteiger partial charge on any atom is 0.247 e. The van der Waals surface area contributed by atoms with Crippen molar-refractivity contribution in [3.8, 4) is 0 Å². The fourth-order valence-corrected chi connectivity index (χ4v) is 4.41. The number of benzene rings is 1. The zero-order valence-corrected chi connectivity index (χ0v) is 17.4. The van der Waals surface area contributed by atoms with Gasteiger partial charge in [0, 0.05) is 18.7 Å². The van der Waals surface area contributed by atoms with E-state index in [1.807, 2.05) is 0 Å². The van der Waals surface area contributed by atoms with E-state index < -0.39 is 0 Å². The van der Waals surface area contributed by atoms with E-state index in [-0.39, 0.29) is 11.3 Å². The van der Waals surface area contributed by atoms with Crippen LogP contribution in [-0.2, 0) is 10.2 Å². The molecule has 1 amide bonds. The van der Waals surface area contributed by atoms with Gasteiger partial charge in [-0.05, 0) is 81.5 Å². The fraction of sp³-hybridized carbons (Fsp3) is 0.542. The third kappa shape index (κ3) is 5.47. The van der Waals surface area contributed by atoms with E-state index in [0.29, 0.717) is 6.54 Å². The second-order valence-corrected chi connectivity index (χ2v) is 7.83. The molecule has 0 fully saturated rings. The molecule has 3 heteroatoms. The second-order valence-electron chi connectivity index (χ2n) is 7.83. The number of rotatable bonds is 10. The molecule has 3 nitrogen and oxygen atoms in total. The van der Waals surface area contributed by atoms with Crippen molar-refractivity contribution < 1.29 is 4.79 Å². The van der Waals surface area contributed by atoms with Crippen LogP contribution in [0.3, 0.4) is 0 Å². The van der Waals surface area contributed by atoms with Crippen LogP contribution in [0.2, 0.25) is 0 Å². The Morgan fingerprint density at radius 1 is 1.15 bits per heavy atom. The zero-order valence-electron chi connectivity index (χ0n) is 17.4. The van der Waals surface area contributed by atoms with E-state index in [1.54, 1.807) is 6.20 Å². The summed E-state index contributed by atoms with van der Waals surface area (Å²) in [6.07, 6.45) is 9.13. The molecule has 0 aromatic heterocycles. The van der Waals surface area contributed by atoms with Crippen molar-refractivity contribution in [2.24, 2.45) is 0 Å². The lowest BCUT2D eigenvalue weighted by molar-refractivity contribution is -0.117. The lowest BCUT2D eigenvalue weighted by Gasteiger charge is -2.35. The summed E-state index contributed by atoms with van der Waals surface area (Å²) in [7, 11) is 0. The van der Waals surface area contributed by atoms with E-state index in [4.69, 9.17) is 0 Å². The topological polar surface area (TPSA) is 41.1 Å². The van der Waals surface area contributed by atoms with Crippen LogP contribution in [0.4, 0.5) is 0 Å². The molecule has 0 heterocycles. The molecule has 1 aliphatic carbocycles. The van der Waals surface area contributed by atoms with Gasteiger partial charge in [-0.15, -0.1) is 0 Å². The predicted octanol–water partition coefficient (Wildman–Crippen LogP) is 5.16. The predicted molar refractivity (Wildman–Crippen MR) is 115 cm³/mol. The van der Waals surface area contributed by atoms with Crippen molar-refractivity contribution >= 4 is 5.91 Å². The number of nitrogens with one attached hydrogen (secondary N) is 2. The van der Waals surface area contributed by atoms with Crippen LogP contribution >= 0.6 is 0 Å². The lowest BCUT2D eigenvalue weighted by Crippen LogP contribution is -2.36. The molecular weight excluding hydrogens is 332 g/mol. The molecule has 1 aromatic rings.